The molecule has 0 aliphatic heterocycles. The van der Waals surface area contributed by atoms with Gasteiger partial charge in [-0.2, -0.15) is 5.10 Å². The lowest BCUT2D eigenvalue weighted by Gasteiger charge is -2.01. The number of hydrogen-bond acceptors (Lipinski definition) is 2. The molecule has 0 N–H and O–H groups in total. The highest BCUT2D eigenvalue weighted by Crippen LogP contribution is 2.22. The lowest BCUT2D eigenvalue weighted by atomic mass is 10.1. The maximum atomic E-state index is 13.2. The Morgan fingerprint density at radius 3 is 2.81 bits per heavy atom. The molecule has 0 spiro atoms. The Morgan fingerprint density at radius 2 is 2.19 bits per heavy atom. The molecule has 0 atom stereocenters. The molecule has 1 aromatic carbocycles. The fraction of sp³-hybridized carbons (Fsp3) is 0.0909. The highest BCUT2D eigenvalue weighted by molar-refractivity contribution is 9.10. The molecule has 0 saturated heterocycles. The summed E-state index contributed by atoms with van der Waals surface area (Å²) in [5.74, 6) is -0.756. The molecule has 1 aromatic heterocycles. The predicted molar refractivity (Wildman–Crippen MR) is 60.7 cm³/mol. The average molecular weight is 283 g/mol. The molecule has 0 bridgehead atoms. The van der Waals surface area contributed by atoms with Gasteiger partial charge in [-0.3, -0.25) is 9.48 Å². The molecule has 0 radical (unpaired) electrons. The van der Waals surface area contributed by atoms with Crippen LogP contribution in [-0.4, -0.2) is 15.6 Å². The quantitative estimate of drug-likeness (QED) is 0.794. The van der Waals surface area contributed by atoms with Crippen LogP contribution in [0.4, 0.5) is 4.39 Å². The zero-order valence-electron chi connectivity index (χ0n) is 8.45. The number of ketones is 1. The zero-order chi connectivity index (χ0) is 11.7. The highest BCUT2D eigenvalue weighted by atomic mass is 79.9. The molecule has 1 heterocycles. The third-order valence-corrected chi connectivity index (χ3v) is 2.95. The third kappa shape index (κ3) is 1.90. The number of nitrogens with zero attached hydrogens (tertiary/aromatic N) is 2. The second-order valence-electron chi connectivity index (χ2n) is 3.31. The van der Waals surface area contributed by atoms with Crippen LogP contribution in [-0.2, 0) is 7.05 Å². The second-order valence-corrected chi connectivity index (χ2v) is 4.10. The monoisotopic (exact) mass is 282 g/mol. The van der Waals surface area contributed by atoms with E-state index in [4.69, 9.17) is 0 Å². The van der Waals surface area contributed by atoms with Crippen molar-refractivity contribution in [3.63, 3.8) is 0 Å². The fourth-order valence-electron chi connectivity index (χ4n) is 1.35. The minimum atomic E-state index is -0.457. The van der Waals surface area contributed by atoms with Crippen LogP contribution in [0.25, 0.3) is 0 Å². The Bertz CT molecular complexity index is 551. The standard InChI is InChI=1S/C11H8BrFN2O/c1-15-6-5-9(14-15)11(16)7-3-2-4-8(13)10(7)12/h2-6H,1H3. The lowest BCUT2D eigenvalue weighted by Crippen LogP contribution is -2.05. The topological polar surface area (TPSA) is 34.9 Å². The van der Waals surface area contributed by atoms with E-state index in [1.54, 1.807) is 25.4 Å². The van der Waals surface area contributed by atoms with Crippen molar-refractivity contribution in [1.82, 2.24) is 9.78 Å². The summed E-state index contributed by atoms with van der Waals surface area (Å²) in [6.45, 7) is 0. The van der Waals surface area contributed by atoms with Crippen LogP contribution in [0.15, 0.2) is 34.9 Å². The van der Waals surface area contributed by atoms with Gasteiger partial charge in [-0.1, -0.05) is 6.07 Å². The van der Waals surface area contributed by atoms with E-state index in [0.717, 1.165) is 0 Å². The molecule has 5 heteroatoms. The van der Waals surface area contributed by atoms with Gasteiger partial charge in [0.05, 0.1) is 4.47 Å². The Hall–Kier alpha value is -1.49. The largest absolute Gasteiger partial charge is 0.287 e. The highest BCUT2D eigenvalue weighted by Gasteiger charge is 2.16. The van der Waals surface area contributed by atoms with E-state index in [-0.39, 0.29) is 15.8 Å². The summed E-state index contributed by atoms with van der Waals surface area (Å²) in [6.07, 6.45) is 1.67. The molecule has 0 amide bonds. The average Bonchev–Trinajstić information content (AvgIpc) is 2.68. The number of rotatable bonds is 2. The summed E-state index contributed by atoms with van der Waals surface area (Å²) in [6, 6.07) is 5.94. The first-order chi connectivity index (χ1) is 7.59. The SMILES string of the molecule is Cn1ccc(C(=O)c2cccc(F)c2Br)n1. The first-order valence-corrected chi connectivity index (χ1v) is 5.37. The molecule has 2 rings (SSSR count). The molecule has 0 aliphatic rings. The van der Waals surface area contributed by atoms with Crippen LogP contribution in [0.2, 0.25) is 0 Å². The Kier molecular flexibility index (Phi) is 2.87. The van der Waals surface area contributed by atoms with Crippen molar-refractivity contribution in [3.8, 4) is 0 Å². The van der Waals surface area contributed by atoms with Crippen molar-refractivity contribution >= 4 is 21.7 Å². The number of aromatic nitrogens is 2. The Morgan fingerprint density at radius 1 is 1.44 bits per heavy atom. The van der Waals surface area contributed by atoms with Crippen LogP contribution in [0.3, 0.4) is 0 Å². The molecule has 0 unspecified atom stereocenters. The summed E-state index contributed by atoms with van der Waals surface area (Å²) in [4.78, 5) is 12.0. The number of benzene rings is 1. The number of halogens is 2. The summed E-state index contributed by atoms with van der Waals surface area (Å²) in [5, 5.41) is 3.98. The summed E-state index contributed by atoms with van der Waals surface area (Å²) >= 11 is 3.05. The molecule has 16 heavy (non-hydrogen) atoms. The van der Waals surface area contributed by atoms with Crippen LogP contribution < -0.4 is 0 Å². The van der Waals surface area contributed by atoms with E-state index in [2.05, 4.69) is 21.0 Å². The number of carbonyl (C=O) groups excluding carboxylic acids is 1. The van der Waals surface area contributed by atoms with E-state index in [1.165, 1.54) is 16.8 Å². The summed E-state index contributed by atoms with van der Waals surface area (Å²) < 4.78 is 14.9. The van der Waals surface area contributed by atoms with Crippen molar-refractivity contribution in [3.05, 3.63) is 52.0 Å². The van der Waals surface area contributed by atoms with Gasteiger partial charge in [0.2, 0.25) is 5.78 Å². The molecular formula is C11H8BrFN2O. The first-order valence-electron chi connectivity index (χ1n) is 4.58. The molecule has 0 fully saturated rings. The zero-order valence-corrected chi connectivity index (χ0v) is 10.0. The predicted octanol–water partition coefficient (Wildman–Crippen LogP) is 2.55. The molecule has 82 valence electrons. The van der Waals surface area contributed by atoms with Gasteiger partial charge in [0.25, 0.3) is 0 Å². The molecule has 0 saturated carbocycles. The van der Waals surface area contributed by atoms with E-state index in [1.807, 2.05) is 0 Å². The maximum Gasteiger partial charge on any atom is 0.214 e. The first kappa shape index (κ1) is 11.0. The third-order valence-electron chi connectivity index (χ3n) is 2.14. The van der Waals surface area contributed by atoms with Crippen molar-refractivity contribution in [2.45, 2.75) is 0 Å². The van der Waals surface area contributed by atoms with Crippen LogP contribution in [0.1, 0.15) is 16.1 Å². The van der Waals surface area contributed by atoms with Gasteiger partial charge in [-0.25, -0.2) is 4.39 Å². The number of carbonyl (C=O) groups is 1. The van der Waals surface area contributed by atoms with Crippen LogP contribution in [0, 0.1) is 5.82 Å². The van der Waals surface area contributed by atoms with Gasteiger partial charge in [0.1, 0.15) is 11.5 Å². The molecule has 0 aliphatic carbocycles. The van der Waals surface area contributed by atoms with Gasteiger partial charge in [0, 0.05) is 18.8 Å². The van der Waals surface area contributed by atoms with Crippen molar-refractivity contribution in [2.75, 3.05) is 0 Å². The van der Waals surface area contributed by atoms with Crippen LogP contribution >= 0.6 is 15.9 Å². The fourth-order valence-corrected chi connectivity index (χ4v) is 1.80. The maximum absolute atomic E-state index is 13.2. The summed E-state index contributed by atoms with van der Waals surface area (Å²) in [5.41, 5.74) is 0.576. The van der Waals surface area contributed by atoms with Gasteiger partial charge >= 0.3 is 0 Å². The molecular weight excluding hydrogens is 275 g/mol. The minimum Gasteiger partial charge on any atom is -0.287 e. The van der Waals surface area contributed by atoms with Crippen molar-refractivity contribution in [2.24, 2.45) is 7.05 Å². The van der Waals surface area contributed by atoms with Crippen molar-refractivity contribution < 1.29 is 9.18 Å². The molecule has 3 nitrogen and oxygen atoms in total. The minimum absolute atomic E-state index is 0.172. The molecule has 2 aromatic rings. The Balaban J connectivity index is 2.45. The van der Waals surface area contributed by atoms with Crippen molar-refractivity contribution in [1.29, 1.82) is 0 Å². The van der Waals surface area contributed by atoms with Crippen LogP contribution in [0.5, 0.6) is 0 Å². The smallest absolute Gasteiger partial charge is 0.214 e. The van der Waals surface area contributed by atoms with Gasteiger partial charge in [-0.05, 0) is 34.1 Å². The van der Waals surface area contributed by atoms with E-state index in [0.29, 0.717) is 5.69 Å². The summed E-state index contributed by atoms with van der Waals surface area (Å²) in [7, 11) is 1.72. The normalized spacial score (nSPS) is 10.4. The van der Waals surface area contributed by atoms with E-state index in [9.17, 15) is 9.18 Å². The van der Waals surface area contributed by atoms with E-state index < -0.39 is 5.82 Å². The number of aryl methyl sites for hydroxylation is 1. The van der Waals surface area contributed by atoms with Gasteiger partial charge in [0.15, 0.2) is 0 Å². The van der Waals surface area contributed by atoms with Gasteiger partial charge in [-0.15, -0.1) is 0 Å². The second kappa shape index (κ2) is 4.17. The Labute approximate surface area is 100 Å². The lowest BCUT2D eigenvalue weighted by molar-refractivity contribution is 0.103. The number of hydrogen-bond donors (Lipinski definition) is 0. The van der Waals surface area contributed by atoms with Gasteiger partial charge < -0.3 is 0 Å². The van der Waals surface area contributed by atoms with E-state index >= 15 is 0 Å².